The van der Waals surface area contributed by atoms with E-state index >= 15 is 0 Å². The number of hydrogen-bond acceptors (Lipinski definition) is 3. The molecule has 94 valence electrons. The molecular formula is C12H23NO3. The minimum Gasteiger partial charge on any atom is -0.444 e. The Kier molecular flexibility index (Phi) is 3.53. The summed E-state index contributed by atoms with van der Waals surface area (Å²) in [7, 11) is 0. The van der Waals surface area contributed by atoms with Gasteiger partial charge in [0.15, 0.2) is 0 Å². The predicted octanol–water partition coefficient (Wildman–Crippen LogP) is 2.16. The maximum Gasteiger partial charge on any atom is 0.410 e. The fourth-order valence-electron chi connectivity index (χ4n) is 2.04. The minimum absolute atomic E-state index is 0.137. The van der Waals surface area contributed by atoms with Crippen LogP contribution >= 0.6 is 0 Å². The van der Waals surface area contributed by atoms with E-state index in [0.717, 1.165) is 12.8 Å². The molecule has 0 aromatic rings. The molecule has 16 heavy (non-hydrogen) atoms. The molecule has 0 radical (unpaired) electrons. The molecule has 0 saturated carbocycles. The van der Waals surface area contributed by atoms with Gasteiger partial charge < -0.3 is 14.7 Å². The fraction of sp³-hybridized carbons (Fsp3) is 0.917. The lowest BCUT2D eigenvalue weighted by molar-refractivity contribution is -0.0240. The maximum atomic E-state index is 11.9. The van der Waals surface area contributed by atoms with Gasteiger partial charge in [0.05, 0.1) is 11.6 Å². The van der Waals surface area contributed by atoms with Gasteiger partial charge in [-0.25, -0.2) is 4.79 Å². The molecule has 1 atom stereocenters. The quantitative estimate of drug-likeness (QED) is 0.749. The first kappa shape index (κ1) is 13.3. The highest BCUT2D eigenvalue weighted by molar-refractivity contribution is 5.69. The largest absolute Gasteiger partial charge is 0.444 e. The summed E-state index contributed by atoms with van der Waals surface area (Å²) >= 11 is 0. The zero-order valence-electron chi connectivity index (χ0n) is 10.9. The molecule has 0 aliphatic carbocycles. The lowest BCUT2D eigenvalue weighted by Gasteiger charge is -2.34. The fourth-order valence-corrected chi connectivity index (χ4v) is 2.04. The zero-order valence-corrected chi connectivity index (χ0v) is 10.9. The third-order valence-corrected chi connectivity index (χ3v) is 2.70. The maximum absolute atomic E-state index is 11.9. The third kappa shape index (κ3) is 3.37. The SMILES string of the molecule is CC(C)(C)OC(=O)N1CCC[C@@H]1C(C)(C)O. The predicted molar refractivity (Wildman–Crippen MR) is 62.3 cm³/mol. The van der Waals surface area contributed by atoms with Crippen molar-refractivity contribution in [2.24, 2.45) is 0 Å². The Bertz CT molecular complexity index is 262. The van der Waals surface area contributed by atoms with Gasteiger partial charge in [0, 0.05) is 6.54 Å². The average molecular weight is 229 g/mol. The van der Waals surface area contributed by atoms with E-state index in [4.69, 9.17) is 4.74 Å². The topological polar surface area (TPSA) is 49.8 Å². The van der Waals surface area contributed by atoms with E-state index in [1.54, 1.807) is 18.7 Å². The molecule has 1 heterocycles. The molecular weight excluding hydrogens is 206 g/mol. The van der Waals surface area contributed by atoms with Crippen molar-refractivity contribution in [3.8, 4) is 0 Å². The highest BCUT2D eigenvalue weighted by Gasteiger charge is 2.40. The number of ether oxygens (including phenoxy) is 1. The monoisotopic (exact) mass is 229 g/mol. The van der Waals surface area contributed by atoms with Crippen LogP contribution in [-0.4, -0.2) is 39.9 Å². The van der Waals surface area contributed by atoms with Gasteiger partial charge in [-0.05, 0) is 47.5 Å². The molecule has 4 heteroatoms. The molecule has 1 aliphatic rings. The number of rotatable bonds is 1. The van der Waals surface area contributed by atoms with Crippen LogP contribution in [0.4, 0.5) is 4.79 Å². The van der Waals surface area contributed by atoms with E-state index in [1.807, 2.05) is 20.8 Å². The Morgan fingerprint density at radius 2 is 1.88 bits per heavy atom. The van der Waals surface area contributed by atoms with Gasteiger partial charge in [0.2, 0.25) is 0 Å². The van der Waals surface area contributed by atoms with Gasteiger partial charge in [-0.3, -0.25) is 0 Å². The van der Waals surface area contributed by atoms with Crippen LogP contribution in [0.25, 0.3) is 0 Å². The normalized spacial score (nSPS) is 22.4. The summed E-state index contributed by atoms with van der Waals surface area (Å²) in [5, 5.41) is 9.99. The lowest BCUT2D eigenvalue weighted by atomic mass is 9.97. The smallest absolute Gasteiger partial charge is 0.410 e. The number of hydrogen-bond donors (Lipinski definition) is 1. The van der Waals surface area contributed by atoms with Crippen molar-refractivity contribution in [3.05, 3.63) is 0 Å². The van der Waals surface area contributed by atoms with Gasteiger partial charge in [-0.1, -0.05) is 0 Å². The van der Waals surface area contributed by atoms with E-state index in [1.165, 1.54) is 0 Å². The van der Waals surface area contributed by atoms with Crippen LogP contribution in [0, 0.1) is 0 Å². The van der Waals surface area contributed by atoms with E-state index in [9.17, 15) is 9.90 Å². The third-order valence-electron chi connectivity index (χ3n) is 2.70. The van der Waals surface area contributed by atoms with E-state index in [2.05, 4.69) is 0 Å². The van der Waals surface area contributed by atoms with Crippen molar-refractivity contribution in [1.29, 1.82) is 0 Å². The van der Waals surface area contributed by atoms with Crippen LogP contribution in [-0.2, 0) is 4.74 Å². The van der Waals surface area contributed by atoms with Crippen molar-refractivity contribution in [1.82, 2.24) is 4.90 Å². The summed E-state index contributed by atoms with van der Waals surface area (Å²) < 4.78 is 5.32. The Balaban J connectivity index is 2.69. The Morgan fingerprint density at radius 1 is 1.31 bits per heavy atom. The summed E-state index contributed by atoms with van der Waals surface area (Å²) in [6, 6.07) is -0.137. The second kappa shape index (κ2) is 4.24. The Hall–Kier alpha value is -0.770. The molecule has 0 unspecified atom stereocenters. The van der Waals surface area contributed by atoms with Crippen LogP contribution in [0.1, 0.15) is 47.5 Å². The standard InChI is InChI=1S/C12H23NO3/c1-11(2,3)16-10(14)13-8-6-7-9(13)12(4,5)15/h9,15H,6-8H2,1-5H3/t9-/m1/s1. The molecule has 0 bridgehead atoms. The molecule has 1 aliphatic heterocycles. The molecule has 1 fully saturated rings. The van der Waals surface area contributed by atoms with Crippen molar-refractivity contribution in [2.75, 3.05) is 6.54 Å². The Morgan fingerprint density at radius 3 is 2.31 bits per heavy atom. The number of carbonyl (C=O) groups is 1. The molecule has 0 spiro atoms. The first-order chi connectivity index (χ1) is 7.11. The van der Waals surface area contributed by atoms with Crippen molar-refractivity contribution >= 4 is 6.09 Å². The summed E-state index contributed by atoms with van der Waals surface area (Å²) in [5.41, 5.74) is -1.35. The van der Waals surface area contributed by atoms with Crippen LogP contribution in [0.5, 0.6) is 0 Å². The van der Waals surface area contributed by atoms with Gasteiger partial charge >= 0.3 is 6.09 Å². The summed E-state index contributed by atoms with van der Waals surface area (Å²) in [6.07, 6.45) is 1.44. The van der Waals surface area contributed by atoms with Crippen LogP contribution < -0.4 is 0 Å². The highest BCUT2D eigenvalue weighted by atomic mass is 16.6. The summed E-state index contributed by atoms with van der Waals surface area (Å²) in [6.45, 7) is 9.69. The minimum atomic E-state index is -0.868. The second-order valence-electron chi connectivity index (χ2n) is 5.99. The van der Waals surface area contributed by atoms with Crippen molar-refractivity contribution in [2.45, 2.75) is 64.7 Å². The molecule has 4 nitrogen and oxygen atoms in total. The van der Waals surface area contributed by atoms with E-state index in [-0.39, 0.29) is 12.1 Å². The van der Waals surface area contributed by atoms with Gasteiger partial charge in [0.25, 0.3) is 0 Å². The Labute approximate surface area is 97.6 Å². The van der Waals surface area contributed by atoms with Gasteiger partial charge in [-0.15, -0.1) is 0 Å². The van der Waals surface area contributed by atoms with Gasteiger partial charge in [0.1, 0.15) is 5.60 Å². The summed E-state index contributed by atoms with van der Waals surface area (Å²) in [5.74, 6) is 0. The zero-order chi connectivity index (χ0) is 12.6. The lowest BCUT2D eigenvalue weighted by Crippen LogP contribution is -2.49. The molecule has 0 aromatic carbocycles. The number of likely N-dealkylation sites (tertiary alicyclic amines) is 1. The van der Waals surface area contributed by atoms with E-state index < -0.39 is 11.2 Å². The molecule has 1 rings (SSSR count). The van der Waals surface area contributed by atoms with Gasteiger partial charge in [-0.2, -0.15) is 0 Å². The second-order valence-corrected chi connectivity index (χ2v) is 5.99. The molecule has 1 N–H and O–H groups in total. The van der Waals surface area contributed by atoms with Crippen LogP contribution in [0.15, 0.2) is 0 Å². The first-order valence-electron chi connectivity index (χ1n) is 5.83. The molecule has 1 amide bonds. The number of nitrogens with zero attached hydrogens (tertiary/aromatic N) is 1. The first-order valence-corrected chi connectivity index (χ1v) is 5.83. The van der Waals surface area contributed by atoms with Crippen LogP contribution in [0.3, 0.4) is 0 Å². The molecule has 0 aromatic heterocycles. The number of aliphatic hydroxyl groups is 1. The number of carbonyl (C=O) groups excluding carboxylic acids is 1. The highest BCUT2D eigenvalue weighted by Crippen LogP contribution is 2.28. The molecule has 1 saturated heterocycles. The van der Waals surface area contributed by atoms with Crippen LogP contribution in [0.2, 0.25) is 0 Å². The number of amides is 1. The van der Waals surface area contributed by atoms with E-state index in [0.29, 0.717) is 6.54 Å². The van der Waals surface area contributed by atoms with Crippen molar-refractivity contribution in [3.63, 3.8) is 0 Å². The van der Waals surface area contributed by atoms with Crippen molar-refractivity contribution < 1.29 is 14.6 Å². The summed E-state index contributed by atoms with van der Waals surface area (Å²) in [4.78, 5) is 13.6. The average Bonchev–Trinajstić information content (AvgIpc) is 2.45.